The van der Waals surface area contributed by atoms with E-state index in [0.717, 1.165) is 20.9 Å². The van der Waals surface area contributed by atoms with Crippen LogP contribution in [-0.2, 0) is 0 Å². The molecular formula is C9H7BrN2O. The summed E-state index contributed by atoms with van der Waals surface area (Å²) in [5.74, 6) is 0. The van der Waals surface area contributed by atoms with Crippen molar-refractivity contribution in [1.29, 1.82) is 0 Å². The maximum absolute atomic E-state index is 8.40. The molecule has 0 atom stereocenters. The molecule has 3 nitrogen and oxygen atoms in total. The van der Waals surface area contributed by atoms with Crippen LogP contribution in [0.4, 0.5) is 0 Å². The maximum Gasteiger partial charge on any atom is 0.0755 e. The number of aromatic amines is 1. The normalized spacial score (nSPS) is 11.5. The van der Waals surface area contributed by atoms with E-state index in [-0.39, 0.29) is 0 Å². The van der Waals surface area contributed by atoms with Crippen molar-refractivity contribution in [3.63, 3.8) is 0 Å². The van der Waals surface area contributed by atoms with Crippen molar-refractivity contribution in [3.05, 3.63) is 34.4 Å². The number of nitrogens with zero attached hydrogens (tertiary/aromatic N) is 1. The summed E-state index contributed by atoms with van der Waals surface area (Å²) in [5.41, 5.74) is 1.90. The molecule has 1 aromatic heterocycles. The van der Waals surface area contributed by atoms with E-state index < -0.39 is 0 Å². The van der Waals surface area contributed by atoms with Gasteiger partial charge < -0.3 is 10.2 Å². The van der Waals surface area contributed by atoms with Gasteiger partial charge in [-0.15, -0.1) is 0 Å². The molecule has 0 spiro atoms. The number of oxime groups is 1. The summed E-state index contributed by atoms with van der Waals surface area (Å²) < 4.78 is 1.02. The molecule has 1 heterocycles. The van der Waals surface area contributed by atoms with E-state index in [4.69, 9.17) is 5.21 Å². The summed E-state index contributed by atoms with van der Waals surface area (Å²) in [6.45, 7) is 0. The minimum atomic E-state index is 0.880. The predicted octanol–water partition coefficient (Wildman–Crippen LogP) is 2.74. The lowest BCUT2D eigenvalue weighted by Gasteiger charge is -1.91. The van der Waals surface area contributed by atoms with Crippen molar-refractivity contribution in [3.8, 4) is 0 Å². The third-order valence-corrected chi connectivity index (χ3v) is 2.37. The van der Waals surface area contributed by atoms with Gasteiger partial charge in [0.2, 0.25) is 0 Å². The number of rotatable bonds is 1. The Labute approximate surface area is 83.2 Å². The Kier molecular flexibility index (Phi) is 2.06. The van der Waals surface area contributed by atoms with Gasteiger partial charge in [0, 0.05) is 27.1 Å². The highest BCUT2D eigenvalue weighted by Crippen LogP contribution is 2.21. The quantitative estimate of drug-likeness (QED) is 0.448. The van der Waals surface area contributed by atoms with Gasteiger partial charge in [0.15, 0.2) is 0 Å². The average Bonchev–Trinajstić information content (AvgIpc) is 2.49. The first kappa shape index (κ1) is 8.31. The van der Waals surface area contributed by atoms with Crippen LogP contribution in [0.15, 0.2) is 34.0 Å². The van der Waals surface area contributed by atoms with Gasteiger partial charge in [-0.05, 0) is 12.1 Å². The fourth-order valence-corrected chi connectivity index (χ4v) is 1.65. The lowest BCUT2D eigenvalue weighted by molar-refractivity contribution is 0.322. The van der Waals surface area contributed by atoms with Gasteiger partial charge in [0.05, 0.1) is 6.21 Å². The van der Waals surface area contributed by atoms with Gasteiger partial charge in [-0.3, -0.25) is 0 Å². The largest absolute Gasteiger partial charge is 0.411 e. The second-order valence-corrected chi connectivity index (χ2v) is 3.59. The SMILES string of the molecule is O/N=C\c1c[nH]c2cc(Br)ccc12. The van der Waals surface area contributed by atoms with E-state index in [0.29, 0.717) is 0 Å². The van der Waals surface area contributed by atoms with Crippen LogP contribution in [0.3, 0.4) is 0 Å². The molecule has 0 aliphatic rings. The number of halogens is 1. The Bertz CT molecular complexity index is 462. The Morgan fingerprint density at radius 3 is 3.08 bits per heavy atom. The minimum absolute atomic E-state index is 0.880. The molecule has 0 saturated carbocycles. The van der Waals surface area contributed by atoms with Crippen molar-refractivity contribution < 1.29 is 5.21 Å². The fourth-order valence-electron chi connectivity index (χ4n) is 1.29. The van der Waals surface area contributed by atoms with Crippen molar-refractivity contribution in [2.24, 2.45) is 5.16 Å². The molecule has 4 heteroatoms. The van der Waals surface area contributed by atoms with E-state index >= 15 is 0 Å². The van der Waals surface area contributed by atoms with E-state index in [1.54, 1.807) is 6.20 Å². The first-order valence-electron chi connectivity index (χ1n) is 3.75. The van der Waals surface area contributed by atoms with Crippen molar-refractivity contribution >= 4 is 33.0 Å². The second kappa shape index (κ2) is 3.22. The van der Waals surface area contributed by atoms with Gasteiger partial charge in [-0.2, -0.15) is 0 Å². The van der Waals surface area contributed by atoms with Crippen LogP contribution in [0, 0.1) is 0 Å². The smallest absolute Gasteiger partial charge is 0.0755 e. The maximum atomic E-state index is 8.40. The summed E-state index contributed by atoms with van der Waals surface area (Å²) >= 11 is 3.38. The van der Waals surface area contributed by atoms with Crippen LogP contribution < -0.4 is 0 Å². The van der Waals surface area contributed by atoms with Gasteiger partial charge in [0.25, 0.3) is 0 Å². The number of benzene rings is 1. The molecule has 2 aromatic rings. The third-order valence-electron chi connectivity index (χ3n) is 1.87. The Morgan fingerprint density at radius 1 is 1.46 bits per heavy atom. The van der Waals surface area contributed by atoms with Crippen LogP contribution in [0.2, 0.25) is 0 Å². The number of nitrogens with one attached hydrogen (secondary N) is 1. The van der Waals surface area contributed by atoms with Gasteiger partial charge in [0.1, 0.15) is 0 Å². The molecule has 1 aromatic carbocycles. The standard InChI is InChI=1S/C9H7BrN2O/c10-7-1-2-8-6(5-12-13)4-11-9(8)3-7/h1-5,11,13H/b12-5-. The summed E-state index contributed by atoms with van der Waals surface area (Å²) in [4.78, 5) is 3.08. The highest BCUT2D eigenvalue weighted by atomic mass is 79.9. The molecule has 2 rings (SSSR count). The highest BCUT2D eigenvalue weighted by molar-refractivity contribution is 9.10. The van der Waals surface area contributed by atoms with Gasteiger partial charge in [-0.25, -0.2) is 0 Å². The highest BCUT2D eigenvalue weighted by Gasteiger charge is 2.00. The van der Waals surface area contributed by atoms with Crippen LogP contribution in [-0.4, -0.2) is 16.4 Å². The number of fused-ring (bicyclic) bond motifs is 1. The lowest BCUT2D eigenvalue weighted by Crippen LogP contribution is -1.76. The molecule has 0 fully saturated rings. The van der Waals surface area contributed by atoms with Gasteiger partial charge in [-0.1, -0.05) is 27.2 Å². The minimum Gasteiger partial charge on any atom is -0.411 e. The summed E-state index contributed by atoms with van der Waals surface area (Å²) in [6.07, 6.45) is 3.21. The zero-order chi connectivity index (χ0) is 9.26. The van der Waals surface area contributed by atoms with Crippen molar-refractivity contribution in [1.82, 2.24) is 4.98 Å². The van der Waals surface area contributed by atoms with Crippen LogP contribution in [0.25, 0.3) is 10.9 Å². The number of hydrogen-bond donors (Lipinski definition) is 2. The summed E-state index contributed by atoms with van der Waals surface area (Å²) in [5, 5.41) is 12.4. The molecule has 0 aliphatic carbocycles. The van der Waals surface area contributed by atoms with Crippen LogP contribution >= 0.6 is 15.9 Å². The zero-order valence-electron chi connectivity index (χ0n) is 6.66. The topological polar surface area (TPSA) is 48.4 Å². The lowest BCUT2D eigenvalue weighted by atomic mass is 10.2. The molecule has 2 N–H and O–H groups in total. The average molecular weight is 239 g/mol. The van der Waals surface area contributed by atoms with E-state index in [1.165, 1.54) is 6.21 Å². The summed E-state index contributed by atoms with van der Waals surface area (Å²) in [7, 11) is 0. The third kappa shape index (κ3) is 1.45. The molecule has 0 saturated heterocycles. The number of H-pyrrole nitrogens is 1. The first-order chi connectivity index (χ1) is 6.31. The molecule has 13 heavy (non-hydrogen) atoms. The predicted molar refractivity (Wildman–Crippen MR) is 55.4 cm³/mol. The molecule has 0 aliphatic heterocycles. The van der Waals surface area contributed by atoms with Crippen molar-refractivity contribution in [2.75, 3.05) is 0 Å². The fraction of sp³-hybridized carbons (Fsp3) is 0. The number of hydrogen-bond acceptors (Lipinski definition) is 2. The van der Waals surface area contributed by atoms with E-state index in [9.17, 15) is 0 Å². The monoisotopic (exact) mass is 238 g/mol. The molecular weight excluding hydrogens is 232 g/mol. The molecule has 0 bridgehead atoms. The number of aromatic nitrogens is 1. The molecule has 0 radical (unpaired) electrons. The van der Waals surface area contributed by atoms with Crippen LogP contribution in [0.1, 0.15) is 5.56 Å². The Hall–Kier alpha value is -1.29. The van der Waals surface area contributed by atoms with Crippen molar-refractivity contribution in [2.45, 2.75) is 0 Å². The first-order valence-corrected chi connectivity index (χ1v) is 4.54. The Morgan fingerprint density at radius 2 is 2.31 bits per heavy atom. The Balaban J connectivity index is 2.68. The second-order valence-electron chi connectivity index (χ2n) is 2.68. The van der Waals surface area contributed by atoms with Crippen LogP contribution in [0.5, 0.6) is 0 Å². The molecule has 0 amide bonds. The zero-order valence-corrected chi connectivity index (χ0v) is 8.25. The molecule has 66 valence electrons. The summed E-state index contributed by atoms with van der Waals surface area (Å²) in [6, 6.07) is 5.89. The van der Waals surface area contributed by atoms with E-state index in [2.05, 4.69) is 26.1 Å². The van der Waals surface area contributed by atoms with E-state index in [1.807, 2.05) is 18.2 Å². The molecule has 0 unspecified atom stereocenters. The van der Waals surface area contributed by atoms with Gasteiger partial charge >= 0.3 is 0 Å².